The minimum Gasteiger partial charge on any atom is -0.494 e. The lowest BCUT2D eigenvalue weighted by Crippen LogP contribution is -2.39. The third-order valence-corrected chi connectivity index (χ3v) is 7.26. The molecule has 128 valence electrons. The van der Waals surface area contributed by atoms with Gasteiger partial charge in [0.25, 0.3) is 0 Å². The van der Waals surface area contributed by atoms with E-state index >= 15 is 0 Å². The topological polar surface area (TPSA) is 49.9 Å². The Morgan fingerprint density at radius 2 is 1.91 bits per heavy atom. The van der Waals surface area contributed by atoms with E-state index in [1.165, 1.54) is 30.5 Å². The summed E-state index contributed by atoms with van der Waals surface area (Å²) in [6.45, 7) is 2.45. The Morgan fingerprint density at radius 1 is 1.22 bits per heavy atom. The molecule has 2 bridgehead atoms. The molecule has 0 aromatic heterocycles. The summed E-state index contributed by atoms with van der Waals surface area (Å²) < 4.78 is 46.7. The number of likely N-dealkylation sites (N-methyl/N-ethyl adjacent to an activating group) is 1. The minimum atomic E-state index is -3.70. The molecule has 2 atom stereocenters. The van der Waals surface area contributed by atoms with Crippen LogP contribution < -0.4 is 4.74 Å². The number of nitrogens with zero attached hydrogens (tertiary/aromatic N) is 2. The predicted octanol–water partition coefficient (Wildman–Crippen LogP) is 2.00. The zero-order valence-electron chi connectivity index (χ0n) is 13.8. The molecule has 5 nitrogen and oxygen atoms in total. The van der Waals surface area contributed by atoms with Crippen molar-refractivity contribution in [2.24, 2.45) is 0 Å². The van der Waals surface area contributed by atoms with Gasteiger partial charge in [-0.3, -0.25) is 4.90 Å². The molecule has 7 heteroatoms. The molecule has 2 aliphatic heterocycles. The maximum Gasteiger partial charge on any atom is 0.243 e. The largest absolute Gasteiger partial charge is 0.494 e. The van der Waals surface area contributed by atoms with Gasteiger partial charge in [-0.15, -0.1) is 0 Å². The zero-order chi connectivity index (χ0) is 16.8. The monoisotopic (exact) mass is 342 g/mol. The predicted molar refractivity (Wildman–Crippen MR) is 85.6 cm³/mol. The van der Waals surface area contributed by atoms with Crippen molar-refractivity contribution in [1.29, 1.82) is 0 Å². The second-order valence-corrected chi connectivity index (χ2v) is 8.31. The minimum absolute atomic E-state index is 0.0382. The van der Waals surface area contributed by atoms with Gasteiger partial charge in [-0.2, -0.15) is 4.31 Å². The first-order valence-corrected chi connectivity index (χ1v) is 9.35. The van der Waals surface area contributed by atoms with Gasteiger partial charge in [-0.1, -0.05) is 0 Å². The molecular weight excluding hydrogens is 319 g/mol. The van der Waals surface area contributed by atoms with Crippen molar-refractivity contribution in [2.45, 2.75) is 43.2 Å². The van der Waals surface area contributed by atoms with E-state index in [1.807, 2.05) is 0 Å². The van der Waals surface area contributed by atoms with Gasteiger partial charge in [0.2, 0.25) is 10.0 Å². The van der Waals surface area contributed by atoms with Crippen LogP contribution in [-0.2, 0) is 10.0 Å². The average molecular weight is 342 g/mol. The number of fused-ring (bicyclic) bond motifs is 2. The Kier molecular flexibility index (Phi) is 4.37. The fourth-order valence-corrected chi connectivity index (χ4v) is 5.42. The second-order valence-electron chi connectivity index (χ2n) is 6.41. The molecule has 2 aliphatic rings. The molecule has 0 aliphatic carbocycles. The Balaban J connectivity index is 1.94. The van der Waals surface area contributed by atoms with Gasteiger partial charge in [0.05, 0.1) is 12.0 Å². The number of halogens is 1. The molecule has 2 heterocycles. The number of hydrogen-bond acceptors (Lipinski definition) is 4. The van der Waals surface area contributed by atoms with Crippen molar-refractivity contribution in [3.05, 3.63) is 23.5 Å². The summed E-state index contributed by atoms with van der Waals surface area (Å²) in [5, 5.41) is 0. The molecular formula is C16H23FN2O3S. The molecule has 23 heavy (non-hydrogen) atoms. The lowest BCUT2D eigenvalue weighted by atomic mass is 10.1. The number of methoxy groups -OCH3 is 1. The Bertz CT molecular complexity index is 708. The smallest absolute Gasteiger partial charge is 0.243 e. The molecule has 1 aromatic rings. The summed E-state index contributed by atoms with van der Waals surface area (Å²) in [7, 11) is -0.264. The van der Waals surface area contributed by atoms with Crippen LogP contribution >= 0.6 is 0 Å². The Hall–Kier alpha value is -1.18. The third kappa shape index (κ3) is 2.75. The number of ether oxygens (including phenoxy) is 1. The zero-order valence-corrected chi connectivity index (χ0v) is 14.6. The quantitative estimate of drug-likeness (QED) is 0.843. The first-order valence-electron chi connectivity index (χ1n) is 7.91. The number of benzene rings is 1. The molecule has 0 spiro atoms. The number of hydrogen-bond donors (Lipinski definition) is 0. The molecule has 2 saturated heterocycles. The third-order valence-electron chi connectivity index (χ3n) is 5.25. The Morgan fingerprint density at radius 3 is 2.61 bits per heavy atom. The van der Waals surface area contributed by atoms with Gasteiger partial charge in [0.15, 0.2) is 11.6 Å². The van der Waals surface area contributed by atoms with E-state index in [0.717, 1.165) is 19.3 Å². The average Bonchev–Trinajstić information content (AvgIpc) is 2.74. The summed E-state index contributed by atoms with van der Waals surface area (Å²) in [5.74, 6) is -0.543. The van der Waals surface area contributed by atoms with Gasteiger partial charge in [0, 0.05) is 30.7 Å². The van der Waals surface area contributed by atoms with E-state index in [4.69, 9.17) is 4.74 Å². The maximum absolute atomic E-state index is 14.2. The first kappa shape index (κ1) is 16.7. The van der Waals surface area contributed by atoms with Crippen LogP contribution in [-0.4, -0.2) is 57.0 Å². The normalized spacial score (nSPS) is 26.3. The lowest BCUT2D eigenvalue weighted by molar-refractivity contribution is 0.246. The summed E-state index contributed by atoms with van der Waals surface area (Å²) in [5.41, 5.74) is 0.118. The fraction of sp³-hybridized carbons (Fsp3) is 0.625. The van der Waals surface area contributed by atoms with Crippen molar-refractivity contribution < 1.29 is 17.5 Å². The fourth-order valence-electron chi connectivity index (χ4n) is 3.71. The van der Waals surface area contributed by atoms with Crippen LogP contribution in [0.5, 0.6) is 5.75 Å². The highest BCUT2D eigenvalue weighted by Crippen LogP contribution is 2.33. The molecule has 2 fully saturated rings. The molecule has 1 aromatic carbocycles. The summed E-state index contributed by atoms with van der Waals surface area (Å²) in [6, 6.07) is 3.53. The van der Waals surface area contributed by atoms with Gasteiger partial charge in [-0.05, 0) is 45.4 Å². The van der Waals surface area contributed by atoms with Crippen LogP contribution in [0.15, 0.2) is 17.0 Å². The summed E-state index contributed by atoms with van der Waals surface area (Å²) in [4.78, 5) is 2.33. The molecule has 0 radical (unpaired) electrons. The molecule has 3 rings (SSSR count). The second kappa shape index (κ2) is 6.03. The highest BCUT2D eigenvalue weighted by atomic mass is 32.2. The van der Waals surface area contributed by atoms with E-state index < -0.39 is 15.8 Å². The molecule has 0 saturated carbocycles. The Labute approximate surface area is 137 Å². The van der Waals surface area contributed by atoms with Gasteiger partial charge in [0.1, 0.15) is 0 Å². The van der Waals surface area contributed by atoms with Crippen LogP contribution in [0.3, 0.4) is 0 Å². The van der Waals surface area contributed by atoms with Crippen molar-refractivity contribution >= 4 is 10.0 Å². The van der Waals surface area contributed by atoms with E-state index in [0.29, 0.717) is 19.1 Å². The van der Waals surface area contributed by atoms with Crippen molar-refractivity contribution in [2.75, 3.05) is 27.2 Å². The van der Waals surface area contributed by atoms with Gasteiger partial charge in [-0.25, -0.2) is 12.8 Å². The SMILES string of the molecule is COc1ccc(S(=O)(=O)N2CC[C@H]3CC[C@@H](C2)N3C)c(C)c1F. The van der Waals surface area contributed by atoms with Crippen LogP contribution in [0.1, 0.15) is 24.8 Å². The number of rotatable bonds is 3. The van der Waals surface area contributed by atoms with E-state index in [-0.39, 0.29) is 22.3 Å². The van der Waals surface area contributed by atoms with Gasteiger partial charge < -0.3 is 4.74 Å². The highest BCUT2D eigenvalue weighted by Gasteiger charge is 2.39. The lowest BCUT2D eigenvalue weighted by Gasteiger charge is -2.26. The van der Waals surface area contributed by atoms with Crippen LogP contribution in [0.25, 0.3) is 0 Å². The van der Waals surface area contributed by atoms with E-state index in [2.05, 4.69) is 11.9 Å². The van der Waals surface area contributed by atoms with E-state index in [9.17, 15) is 12.8 Å². The van der Waals surface area contributed by atoms with Crippen molar-refractivity contribution in [3.8, 4) is 5.75 Å². The van der Waals surface area contributed by atoms with Crippen LogP contribution in [0, 0.1) is 12.7 Å². The summed E-state index contributed by atoms with van der Waals surface area (Å²) >= 11 is 0. The number of sulfonamides is 1. The van der Waals surface area contributed by atoms with E-state index in [1.54, 1.807) is 0 Å². The maximum atomic E-state index is 14.2. The first-order chi connectivity index (χ1) is 10.9. The molecule has 0 amide bonds. The molecule has 0 N–H and O–H groups in total. The van der Waals surface area contributed by atoms with Crippen LogP contribution in [0.4, 0.5) is 4.39 Å². The van der Waals surface area contributed by atoms with Gasteiger partial charge >= 0.3 is 0 Å². The standard InChI is InChI=1S/C16H23FN2O3S/c1-11-15(7-6-14(22-3)16(11)17)23(20,21)19-9-8-12-4-5-13(10-19)18(12)2/h6-7,12-13H,4-5,8-10H2,1-3H3/t12-,13+/m1/s1. The highest BCUT2D eigenvalue weighted by molar-refractivity contribution is 7.89. The van der Waals surface area contributed by atoms with Crippen molar-refractivity contribution in [3.63, 3.8) is 0 Å². The van der Waals surface area contributed by atoms with Crippen molar-refractivity contribution in [1.82, 2.24) is 9.21 Å². The molecule has 0 unspecified atom stereocenters. The van der Waals surface area contributed by atoms with Crippen LogP contribution in [0.2, 0.25) is 0 Å². The summed E-state index contributed by atoms with van der Waals surface area (Å²) in [6.07, 6.45) is 2.97.